The normalized spacial score (nSPS) is 11.4. The molecule has 0 spiro atoms. The van der Waals surface area contributed by atoms with Crippen molar-refractivity contribution in [1.82, 2.24) is 9.78 Å². The number of hydrogen-bond acceptors (Lipinski definition) is 4. The second-order valence-corrected chi connectivity index (χ2v) is 2.64. The molecule has 0 radical (unpaired) electrons. The van der Waals surface area contributed by atoms with Crippen molar-refractivity contribution in [3.8, 4) is 0 Å². The van der Waals surface area contributed by atoms with Crippen LogP contribution >= 0.6 is 0 Å². The van der Waals surface area contributed by atoms with Crippen LogP contribution in [-0.2, 0) is 17.8 Å². The minimum atomic E-state index is -4.34. The van der Waals surface area contributed by atoms with E-state index in [1.165, 1.54) is 0 Å². The molecule has 0 amide bonds. The minimum absolute atomic E-state index is 0.465. The van der Waals surface area contributed by atoms with E-state index in [0.717, 1.165) is 7.05 Å². The van der Waals surface area contributed by atoms with Gasteiger partial charge >= 0.3 is 17.6 Å². The summed E-state index contributed by atoms with van der Waals surface area (Å²) in [5.41, 5.74) is -2.27. The number of halogens is 2. The van der Waals surface area contributed by atoms with Crippen molar-refractivity contribution < 1.29 is 23.6 Å². The standard InChI is InChI=1S/C6H5F2N3O4/c1-10-4(6(7,8)5(12)13)3(2-9-10)11(14)15/h2H,1H3,(H,12,13). The molecule has 7 nitrogen and oxygen atoms in total. The first kappa shape index (κ1) is 11.0. The van der Waals surface area contributed by atoms with E-state index in [4.69, 9.17) is 5.11 Å². The van der Waals surface area contributed by atoms with Crippen LogP contribution in [0.3, 0.4) is 0 Å². The quantitative estimate of drug-likeness (QED) is 0.592. The van der Waals surface area contributed by atoms with E-state index in [0.29, 0.717) is 10.9 Å². The summed E-state index contributed by atoms with van der Waals surface area (Å²) in [7, 11) is 0.999. The lowest BCUT2D eigenvalue weighted by Crippen LogP contribution is -2.29. The van der Waals surface area contributed by atoms with Gasteiger partial charge in [0.2, 0.25) is 0 Å². The molecule has 0 fully saturated rings. The molecule has 0 bridgehead atoms. The Balaban J connectivity index is 3.41. The molecule has 0 aliphatic heterocycles. The van der Waals surface area contributed by atoms with Crippen molar-refractivity contribution in [3.05, 3.63) is 22.0 Å². The largest absolute Gasteiger partial charge is 0.476 e. The second kappa shape index (κ2) is 3.26. The molecule has 1 N–H and O–H groups in total. The van der Waals surface area contributed by atoms with Crippen LogP contribution in [0.1, 0.15) is 5.69 Å². The Morgan fingerprint density at radius 1 is 1.73 bits per heavy atom. The van der Waals surface area contributed by atoms with Crippen LogP contribution in [0.25, 0.3) is 0 Å². The summed E-state index contributed by atoms with van der Waals surface area (Å²) in [5, 5.41) is 21.8. The number of carboxylic acid groups (broad SMARTS) is 1. The zero-order valence-electron chi connectivity index (χ0n) is 7.35. The summed E-state index contributed by atoms with van der Waals surface area (Å²) >= 11 is 0. The van der Waals surface area contributed by atoms with Crippen LogP contribution in [0, 0.1) is 10.1 Å². The van der Waals surface area contributed by atoms with Crippen LogP contribution in [0.2, 0.25) is 0 Å². The van der Waals surface area contributed by atoms with Crippen LogP contribution in [0.4, 0.5) is 14.5 Å². The van der Waals surface area contributed by atoms with E-state index in [2.05, 4.69) is 5.10 Å². The highest BCUT2D eigenvalue weighted by atomic mass is 19.3. The third-order valence-corrected chi connectivity index (χ3v) is 1.68. The molecule has 0 saturated heterocycles. The number of nitrogens with zero attached hydrogens (tertiary/aromatic N) is 3. The van der Waals surface area contributed by atoms with Gasteiger partial charge in [-0.1, -0.05) is 0 Å². The highest BCUT2D eigenvalue weighted by molar-refractivity contribution is 5.78. The predicted octanol–water partition coefficient (Wildman–Crippen LogP) is 0.505. The van der Waals surface area contributed by atoms with E-state index in [9.17, 15) is 23.7 Å². The van der Waals surface area contributed by atoms with Gasteiger partial charge in [0, 0.05) is 7.05 Å². The van der Waals surface area contributed by atoms with Gasteiger partial charge in [0.15, 0.2) is 5.69 Å². The maximum atomic E-state index is 13.0. The first-order valence-corrected chi connectivity index (χ1v) is 3.56. The number of nitro groups is 1. The number of hydrogen-bond donors (Lipinski definition) is 1. The van der Waals surface area contributed by atoms with Crippen molar-refractivity contribution in [2.75, 3.05) is 0 Å². The van der Waals surface area contributed by atoms with E-state index in [1.54, 1.807) is 0 Å². The summed E-state index contributed by atoms with van der Waals surface area (Å²) < 4.78 is 26.5. The Kier molecular flexibility index (Phi) is 2.39. The summed E-state index contributed by atoms with van der Waals surface area (Å²) in [5.74, 6) is -6.80. The fourth-order valence-corrected chi connectivity index (χ4v) is 1.02. The van der Waals surface area contributed by atoms with E-state index in [1.807, 2.05) is 0 Å². The lowest BCUT2D eigenvalue weighted by Gasteiger charge is -2.10. The highest BCUT2D eigenvalue weighted by Crippen LogP contribution is 2.34. The zero-order valence-corrected chi connectivity index (χ0v) is 7.35. The molecule has 82 valence electrons. The second-order valence-electron chi connectivity index (χ2n) is 2.64. The molecule has 1 heterocycles. The van der Waals surface area contributed by atoms with Crippen LogP contribution in [-0.4, -0.2) is 25.8 Å². The van der Waals surface area contributed by atoms with Crippen molar-refractivity contribution in [2.45, 2.75) is 5.92 Å². The van der Waals surface area contributed by atoms with E-state index < -0.39 is 28.2 Å². The Morgan fingerprint density at radius 2 is 2.27 bits per heavy atom. The molecule has 1 aromatic rings. The Morgan fingerprint density at radius 3 is 2.67 bits per heavy atom. The molecule has 0 aromatic carbocycles. The first-order valence-electron chi connectivity index (χ1n) is 3.56. The number of alkyl halides is 2. The molecule has 0 atom stereocenters. The number of aryl methyl sites for hydroxylation is 1. The van der Waals surface area contributed by atoms with Crippen molar-refractivity contribution >= 4 is 11.7 Å². The molecular formula is C6H5F2N3O4. The summed E-state index contributed by atoms with van der Waals surface area (Å²) in [6, 6.07) is 0. The van der Waals surface area contributed by atoms with Gasteiger partial charge in [0.05, 0.1) is 4.92 Å². The Hall–Kier alpha value is -2.06. The van der Waals surface area contributed by atoms with Gasteiger partial charge < -0.3 is 5.11 Å². The molecule has 0 saturated carbocycles. The van der Waals surface area contributed by atoms with Crippen molar-refractivity contribution in [2.24, 2.45) is 7.05 Å². The average Bonchev–Trinajstić information content (AvgIpc) is 2.47. The van der Waals surface area contributed by atoms with Gasteiger partial charge in [-0.15, -0.1) is 0 Å². The van der Waals surface area contributed by atoms with E-state index >= 15 is 0 Å². The number of carbonyl (C=O) groups is 1. The number of aliphatic carboxylic acids is 1. The topological polar surface area (TPSA) is 98.3 Å². The molecule has 15 heavy (non-hydrogen) atoms. The highest BCUT2D eigenvalue weighted by Gasteiger charge is 2.49. The maximum Gasteiger partial charge on any atom is 0.390 e. The van der Waals surface area contributed by atoms with Gasteiger partial charge in [-0.3, -0.25) is 14.8 Å². The van der Waals surface area contributed by atoms with Crippen LogP contribution < -0.4 is 0 Å². The molecule has 0 aliphatic carbocycles. The minimum Gasteiger partial charge on any atom is -0.476 e. The first-order chi connectivity index (χ1) is 6.78. The molecule has 0 unspecified atom stereocenters. The van der Waals surface area contributed by atoms with Gasteiger partial charge in [0.25, 0.3) is 0 Å². The fourth-order valence-electron chi connectivity index (χ4n) is 1.02. The monoisotopic (exact) mass is 221 g/mol. The summed E-state index contributed by atoms with van der Waals surface area (Å²) in [4.78, 5) is 19.5. The Bertz CT molecular complexity index is 428. The molecule has 1 rings (SSSR count). The zero-order chi connectivity index (χ0) is 11.8. The molecule has 0 aliphatic rings. The van der Waals surface area contributed by atoms with Crippen LogP contribution in [0.5, 0.6) is 0 Å². The van der Waals surface area contributed by atoms with Gasteiger partial charge in [-0.2, -0.15) is 13.9 Å². The third kappa shape index (κ3) is 1.63. The average molecular weight is 221 g/mol. The number of rotatable bonds is 3. The van der Waals surface area contributed by atoms with Gasteiger partial charge in [0.1, 0.15) is 6.20 Å². The maximum absolute atomic E-state index is 13.0. The lowest BCUT2D eigenvalue weighted by molar-refractivity contribution is -0.387. The molecular weight excluding hydrogens is 216 g/mol. The van der Waals surface area contributed by atoms with Gasteiger partial charge in [-0.05, 0) is 0 Å². The van der Waals surface area contributed by atoms with E-state index in [-0.39, 0.29) is 0 Å². The SMILES string of the molecule is Cn1ncc([N+](=O)[O-])c1C(F)(F)C(=O)O. The third-order valence-electron chi connectivity index (χ3n) is 1.68. The van der Waals surface area contributed by atoms with Crippen LogP contribution in [0.15, 0.2) is 6.20 Å². The molecule has 1 aromatic heterocycles. The number of carboxylic acids is 1. The summed E-state index contributed by atoms with van der Waals surface area (Å²) in [6.07, 6.45) is 0.576. The number of aromatic nitrogens is 2. The fraction of sp³-hybridized carbons (Fsp3) is 0.333. The smallest absolute Gasteiger partial charge is 0.390 e. The lowest BCUT2D eigenvalue weighted by atomic mass is 10.2. The summed E-state index contributed by atoms with van der Waals surface area (Å²) in [6.45, 7) is 0. The van der Waals surface area contributed by atoms with Crippen molar-refractivity contribution in [1.29, 1.82) is 0 Å². The molecule has 9 heteroatoms. The van der Waals surface area contributed by atoms with Crippen molar-refractivity contribution in [3.63, 3.8) is 0 Å². The van der Waals surface area contributed by atoms with Gasteiger partial charge in [-0.25, -0.2) is 4.79 Å². The Labute approximate surface area is 81.1 Å². The predicted molar refractivity (Wildman–Crippen MR) is 41.4 cm³/mol.